The normalized spacial score (nSPS) is 15.7. The number of aromatic nitrogens is 4. The summed E-state index contributed by atoms with van der Waals surface area (Å²) in [5, 5.41) is 9.79. The van der Waals surface area contributed by atoms with Crippen molar-refractivity contribution in [2.24, 2.45) is 0 Å². The van der Waals surface area contributed by atoms with E-state index in [4.69, 9.17) is 4.74 Å². The minimum atomic E-state index is -0.532. The molecule has 9 nitrogen and oxygen atoms in total. The van der Waals surface area contributed by atoms with Gasteiger partial charge in [0.25, 0.3) is 11.7 Å². The lowest BCUT2D eigenvalue weighted by Crippen LogP contribution is -2.34. The summed E-state index contributed by atoms with van der Waals surface area (Å²) in [5.74, 6) is 0.797. The first-order chi connectivity index (χ1) is 13.4. The molecule has 144 valence electrons. The zero-order valence-electron chi connectivity index (χ0n) is 15.8. The standard InChI is InChI=1S/C19H20N6O3/c1-10-14(11(2)25-19(22-10)20-9-21-25)5-7-17(26)23-13-4-6-16-15(8-13)24-18(27)12(3)28-16/h4,6,8-9,12H,5,7H2,1-3H3,(H,23,26)(H,24,27)/t12-/m0/s1. The Hall–Kier alpha value is -3.49. The number of fused-ring (bicyclic) bond motifs is 2. The summed E-state index contributed by atoms with van der Waals surface area (Å²) in [6.45, 7) is 5.53. The van der Waals surface area contributed by atoms with Gasteiger partial charge in [-0.2, -0.15) is 10.1 Å². The first-order valence-corrected chi connectivity index (χ1v) is 8.99. The Bertz CT molecular complexity index is 1090. The molecule has 2 N–H and O–H groups in total. The van der Waals surface area contributed by atoms with Crippen LogP contribution in [0.3, 0.4) is 0 Å². The van der Waals surface area contributed by atoms with Crippen molar-refractivity contribution in [3.63, 3.8) is 0 Å². The maximum absolute atomic E-state index is 12.4. The quantitative estimate of drug-likeness (QED) is 0.717. The van der Waals surface area contributed by atoms with Gasteiger partial charge in [-0.25, -0.2) is 9.50 Å². The van der Waals surface area contributed by atoms with Crippen molar-refractivity contribution in [1.82, 2.24) is 19.6 Å². The highest BCUT2D eigenvalue weighted by molar-refractivity contribution is 5.99. The van der Waals surface area contributed by atoms with Crippen molar-refractivity contribution in [1.29, 1.82) is 0 Å². The molecule has 28 heavy (non-hydrogen) atoms. The number of carbonyl (C=O) groups excluding carboxylic acids is 2. The molecular formula is C19H20N6O3. The summed E-state index contributed by atoms with van der Waals surface area (Å²) in [6, 6.07) is 5.18. The van der Waals surface area contributed by atoms with Crippen LogP contribution >= 0.6 is 0 Å². The minimum absolute atomic E-state index is 0.131. The fraction of sp³-hybridized carbons (Fsp3) is 0.316. The monoisotopic (exact) mass is 380 g/mol. The second-order valence-corrected chi connectivity index (χ2v) is 6.74. The van der Waals surface area contributed by atoms with E-state index in [0.717, 1.165) is 17.0 Å². The third kappa shape index (κ3) is 3.26. The lowest BCUT2D eigenvalue weighted by Gasteiger charge is -2.23. The van der Waals surface area contributed by atoms with Crippen molar-refractivity contribution < 1.29 is 14.3 Å². The van der Waals surface area contributed by atoms with Gasteiger partial charge in [-0.1, -0.05) is 0 Å². The van der Waals surface area contributed by atoms with Crippen LogP contribution in [0.4, 0.5) is 11.4 Å². The molecule has 0 unspecified atom stereocenters. The molecule has 9 heteroatoms. The van der Waals surface area contributed by atoms with E-state index in [9.17, 15) is 9.59 Å². The highest BCUT2D eigenvalue weighted by Crippen LogP contribution is 2.32. The number of aryl methyl sites for hydroxylation is 2. The van der Waals surface area contributed by atoms with Crippen LogP contribution in [0.5, 0.6) is 5.75 Å². The van der Waals surface area contributed by atoms with Crippen LogP contribution in [0.2, 0.25) is 0 Å². The summed E-state index contributed by atoms with van der Waals surface area (Å²) in [5.41, 5.74) is 3.89. The van der Waals surface area contributed by atoms with Gasteiger partial charge < -0.3 is 15.4 Å². The van der Waals surface area contributed by atoms with Gasteiger partial charge >= 0.3 is 0 Å². The Morgan fingerprint density at radius 3 is 3.00 bits per heavy atom. The zero-order valence-corrected chi connectivity index (χ0v) is 15.8. The zero-order chi connectivity index (χ0) is 19.8. The molecule has 3 heterocycles. The largest absolute Gasteiger partial charge is 0.479 e. The molecule has 0 radical (unpaired) electrons. The van der Waals surface area contributed by atoms with Crippen LogP contribution in [0.15, 0.2) is 24.5 Å². The molecule has 0 spiro atoms. The number of carbonyl (C=O) groups is 2. The molecule has 1 aliphatic heterocycles. The number of ether oxygens (including phenoxy) is 1. The van der Waals surface area contributed by atoms with E-state index < -0.39 is 6.10 Å². The number of hydrogen-bond acceptors (Lipinski definition) is 6. The molecule has 0 aliphatic carbocycles. The predicted octanol–water partition coefficient (Wildman–Crippen LogP) is 2.03. The summed E-state index contributed by atoms with van der Waals surface area (Å²) in [7, 11) is 0. The Morgan fingerprint density at radius 2 is 2.18 bits per heavy atom. The molecule has 2 amide bonds. The van der Waals surface area contributed by atoms with E-state index in [1.54, 1.807) is 29.6 Å². The topological polar surface area (TPSA) is 111 Å². The predicted molar refractivity (Wildman–Crippen MR) is 102 cm³/mol. The first kappa shape index (κ1) is 17.9. The average molecular weight is 380 g/mol. The van der Waals surface area contributed by atoms with E-state index in [-0.39, 0.29) is 11.8 Å². The molecule has 1 aliphatic rings. The van der Waals surface area contributed by atoms with Crippen LogP contribution in [0, 0.1) is 13.8 Å². The van der Waals surface area contributed by atoms with Gasteiger partial charge in [-0.05, 0) is 51.0 Å². The van der Waals surface area contributed by atoms with Crippen LogP contribution in [-0.2, 0) is 16.0 Å². The summed E-state index contributed by atoms with van der Waals surface area (Å²) >= 11 is 0. The maximum atomic E-state index is 12.4. The van der Waals surface area contributed by atoms with Crippen LogP contribution in [0.1, 0.15) is 30.3 Å². The van der Waals surface area contributed by atoms with Gasteiger partial charge in [0.2, 0.25) is 5.91 Å². The second kappa shape index (κ2) is 6.91. The van der Waals surface area contributed by atoms with Crippen LogP contribution in [0.25, 0.3) is 5.78 Å². The highest BCUT2D eigenvalue weighted by atomic mass is 16.5. The molecule has 2 aromatic heterocycles. The number of benzene rings is 1. The summed E-state index contributed by atoms with van der Waals surface area (Å²) in [4.78, 5) is 32.7. The van der Waals surface area contributed by atoms with Crippen molar-refractivity contribution in [3.05, 3.63) is 41.5 Å². The van der Waals surface area contributed by atoms with Crippen molar-refractivity contribution >= 4 is 29.0 Å². The van der Waals surface area contributed by atoms with E-state index in [2.05, 4.69) is 25.7 Å². The van der Waals surface area contributed by atoms with Gasteiger partial charge in [0.05, 0.1) is 5.69 Å². The second-order valence-electron chi connectivity index (χ2n) is 6.74. The van der Waals surface area contributed by atoms with E-state index in [1.165, 1.54) is 6.33 Å². The van der Waals surface area contributed by atoms with Gasteiger partial charge in [-0.15, -0.1) is 0 Å². The van der Waals surface area contributed by atoms with Gasteiger partial charge in [0.15, 0.2) is 6.10 Å². The highest BCUT2D eigenvalue weighted by Gasteiger charge is 2.23. The number of anilines is 2. The number of hydrogen-bond donors (Lipinski definition) is 2. The third-order valence-electron chi connectivity index (χ3n) is 4.78. The van der Waals surface area contributed by atoms with Gasteiger partial charge in [0.1, 0.15) is 12.1 Å². The molecular weight excluding hydrogens is 360 g/mol. The molecule has 0 fully saturated rings. The lowest BCUT2D eigenvalue weighted by atomic mass is 10.1. The molecule has 1 aromatic carbocycles. The Balaban J connectivity index is 1.44. The lowest BCUT2D eigenvalue weighted by molar-refractivity contribution is -0.122. The number of amides is 2. The van der Waals surface area contributed by atoms with Crippen molar-refractivity contribution in [2.45, 2.75) is 39.7 Å². The molecule has 4 rings (SSSR count). The SMILES string of the molecule is Cc1nc2ncnn2c(C)c1CCC(=O)Nc1ccc2c(c1)NC(=O)[C@H](C)O2. The summed E-state index contributed by atoms with van der Waals surface area (Å²) in [6.07, 6.45) is 1.76. The number of nitrogens with zero attached hydrogens (tertiary/aromatic N) is 4. The summed E-state index contributed by atoms with van der Waals surface area (Å²) < 4.78 is 7.19. The Kier molecular flexibility index (Phi) is 4.42. The molecule has 0 saturated heterocycles. The van der Waals surface area contributed by atoms with E-state index in [0.29, 0.717) is 35.7 Å². The van der Waals surface area contributed by atoms with Crippen molar-refractivity contribution in [3.8, 4) is 5.75 Å². The van der Waals surface area contributed by atoms with Gasteiger partial charge in [-0.3, -0.25) is 9.59 Å². The Labute approximate surface area is 161 Å². The number of rotatable bonds is 4. The number of nitrogens with one attached hydrogen (secondary N) is 2. The fourth-order valence-electron chi connectivity index (χ4n) is 3.27. The van der Waals surface area contributed by atoms with Crippen LogP contribution < -0.4 is 15.4 Å². The van der Waals surface area contributed by atoms with Crippen molar-refractivity contribution in [2.75, 3.05) is 10.6 Å². The Morgan fingerprint density at radius 1 is 1.36 bits per heavy atom. The van der Waals surface area contributed by atoms with E-state index >= 15 is 0 Å². The maximum Gasteiger partial charge on any atom is 0.265 e. The molecule has 0 saturated carbocycles. The minimum Gasteiger partial charge on any atom is -0.479 e. The van der Waals surface area contributed by atoms with E-state index in [1.807, 2.05) is 13.8 Å². The van der Waals surface area contributed by atoms with Crippen LogP contribution in [-0.4, -0.2) is 37.5 Å². The molecule has 1 atom stereocenters. The fourth-order valence-corrected chi connectivity index (χ4v) is 3.27. The van der Waals surface area contributed by atoms with Gasteiger partial charge in [0, 0.05) is 23.5 Å². The molecule has 0 bridgehead atoms. The molecule has 3 aromatic rings. The average Bonchev–Trinajstić information content (AvgIpc) is 3.11. The third-order valence-corrected chi connectivity index (χ3v) is 4.78. The first-order valence-electron chi connectivity index (χ1n) is 8.99. The smallest absolute Gasteiger partial charge is 0.265 e.